The summed E-state index contributed by atoms with van der Waals surface area (Å²) in [6.07, 6.45) is -0.125. The van der Waals surface area contributed by atoms with E-state index in [-0.39, 0.29) is 18.3 Å². The van der Waals surface area contributed by atoms with Gasteiger partial charge in [0.25, 0.3) is 0 Å². The van der Waals surface area contributed by atoms with Crippen molar-refractivity contribution < 1.29 is 18.9 Å². The summed E-state index contributed by atoms with van der Waals surface area (Å²) in [6.45, 7) is 2.78. The van der Waals surface area contributed by atoms with Crippen molar-refractivity contribution in [2.24, 2.45) is 0 Å². The Hall–Kier alpha value is -1.26. The van der Waals surface area contributed by atoms with E-state index in [9.17, 15) is 0 Å². The van der Waals surface area contributed by atoms with E-state index in [1.54, 1.807) is 14.2 Å². The predicted octanol–water partition coefficient (Wildman–Crippen LogP) is 2.23. The third kappa shape index (κ3) is 1.44. The lowest BCUT2D eigenvalue weighted by molar-refractivity contribution is -0.0732. The van der Waals surface area contributed by atoms with Crippen molar-refractivity contribution in [1.29, 1.82) is 0 Å². The Balaban J connectivity index is 2.19. The van der Waals surface area contributed by atoms with Crippen molar-refractivity contribution in [2.45, 2.75) is 25.2 Å². The highest BCUT2D eigenvalue weighted by Crippen LogP contribution is 2.49. The second-order valence-electron chi connectivity index (χ2n) is 4.43. The Kier molecular flexibility index (Phi) is 2.49. The molecule has 0 aromatic heterocycles. The minimum absolute atomic E-state index is 0.119. The summed E-state index contributed by atoms with van der Waals surface area (Å²) in [5.74, 6) is 1.83. The molecule has 0 saturated carbocycles. The van der Waals surface area contributed by atoms with E-state index in [1.807, 2.05) is 12.1 Å². The van der Waals surface area contributed by atoms with Gasteiger partial charge in [0.05, 0.1) is 26.9 Å². The van der Waals surface area contributed by atoms with E-state index in [0.29, 0.717) is 6.61 Å². The maximum absolute atomic E-state index is 5.79. The van der Waals surface area contributed by atoms with Crippen LogP contribution in [0.15, 0.2) is 12.1 Å². The van der Waals surface area contributed by atoms with E-state index in [0.717, 1.165) is 22.6 Å². The average molecular weight is 236 g/mol. The molecule has 0 amide bonds. The molecule has 4 nitrogen and oxygen atoms in total. The molecule has 1 saturated heterocycles. The molecule has 0 spiro atoms. The standard InChI is InChI=1S/C13H16O4/c1-7-10-6-16-13(17-10)8-4-5-9(14-2)12(15-3)11(7)8/h4-5,7,10,13H,6H2,1-3H3/t7?,10-,13-/m1/s1. The molecule has 3 rings (SSSR count). The van der Waals surface area contributed by atoms with E-state index in [2.05, 4.69) is 6.92 Å². The fourth-order valence-electron chi connectivity index (χ4n) is 2.67. The van der Waals surface area contributed by atoms with Crippen molar-refractivity contribution in [3.63, 3.8) is 0 Å². The number of hydrogen-bond acceptors (Lipinski definition) is 4. The monoisotopic (exact) mass is 236 g/mol. The summed E-state index contributed by atoms with van der Waals surface area (Å²) in [5.41, 5.74) is 2.22. The topological polar surface area (TPSA) is 36.9 Å². The minimum Gasteiger partial charge on any atom is -0.493 e. The average Bonchev–Trinajstić information content (AvgIpc) is 2.80. The first-order chi connectivity index (χ1) is 8.26. The molecule has 0 radical (unpaired) electrons. The summed E-state index contributed by atoms with van der Waals surface area (Å²) in [7, 11) is 3.32. The molecule has 92 valence electrons. The molecule has 0 N–H and O–H groups in total. The molecule has 1 fully saturated rings. The van der Waals surface area contributed by atoms with Crippen LogP contribution in [0.3, 0.4) is 0 Å². The summed E-state index contributed by atoms with van der Waals surface area (Å²) in [4.78, 5) is 0. The molecule has 3 atom stereocenters. The lowest BCUT2D eigenvalue weighted by Crippen LogP contribution is -2.24. The smallest absolute Gasteiger partial charge is 0.184 e. The van der Waals surface area contributed by atoms with Gasteiger partial charge in [0.15, 0.2) is 17.8 Å². The Morgan fingerprint density at radius 3 is 2.76 bits per heavy atom. The van der Waals surface area contributed by atoms with E-state index >= 15 is 0 Å². The fraction of sp³-hybridized carbons (Fsp3) is 0.538. The van der Waals surface area contributed by atoms with Crippen LogP contribution in [-0.4, -0.2) is 26.9 Å². The number of fused-ring (bicyclic) bond motifs is 4. The van der Waals surface area contributed by atoms with Crippen LogP contribution in [0, 0.1) is 0 Å². The zero-order chi connectivity index (χ0) is 12.0. The molecule has 1 aromatic rings. The number of benzene rings is 1. The van der Waals surface area contributed by atoms with Gasteiger partial charge in [-0.1, -0.05) is 6.92 Å². The second-order valence-corrected chi connectivity index (χ2v) is 4.43. The molecule has 1 unspecified atom stereocenters. The molecule has 4 heteroatoms. The van der Waals surface area contributed by atoms with Crippen LogP contribution in [0.1, 0.15) is 30.3 Å². The minimum atomic E-state index is -0.244. The van der Waals surface area contributed by atoms with Gasteiger partial charge in [-0.15, -0.1) is 0 Å². The van der Waals surface area contributed by atoms with Crippen LogP contribution >= 0.6 is 0 Å². The normalized spacial score (nSPS) is 29.9. The van der Waals surface area contributed by atoms with Gasteiger partial charge in [0.1, 0.15) is 0 Å². The third-order valence-electron chi connectivity index (χ3n) is 3.59. The van der Waals surface area contributed by atoms with Gasteiger partial charge in [-0.2, -0.15) is 0 Å². The summed E-state index contributed by atoms with van der Waals surface area (Å²) in [6, 6.07) is 3.90. The Bertz CT molecular complexity index is 443. The van der Waals surface area contributed by atoms with Crippen LogP contribution in [0.2, 0.25) is 0 Å². The summed E-state index contributed by atoms with van der Waals surface area (Å²) >= 11 is 0. The molecule has 2 bridgehead atoms. The molecule has 0 aliphatic carbocycles. The van der Waals surface area contributed by atoms with Gasteiger partial charge in [0, 0.05) is 17.0 Å². The van der Waals surface area contributed by atoms with Gasteiger partial charge in [-0.3, -0.25) is 0 Å². The molecule has 2 aliphatic heterocycles. The zero-order valence-electron chi connectivity index (χ0n) is 10.2. The fourth-order valence-corrected chi connectivity index (χ4v) is 2.67. The predicted molar refractivity (Wildman–Crippen MR) is 61.5 cm³/mol. The van der Waals surface area contributed by atoms with Crippen molar-refractivity contribution in [1.82, 2.24) is 0 Å². The number of methoxy groups -OCH3 is 2. The summed E-state index contributed by atoms with van der Waals surface area (Å²) < 4.78 is 22.2. The summed E-state index contributed by atoms with van der Waals surface area (Å²) in [5, 5.41) is 0. The first-order valence-electron chi connectivity index (χ1n) is 5.78. The molecular formula is C13H16O4. The lowest BCUT2D eigenvalue weighted by atomic mass is 9.88. The van der Waals surface area contributed by atoms with Gasteiger partial charge in [-0.25, -0.2) is 0 Å². The first kappa shape index (κ1) is 10.9. The van der Waals surface area contributed by atoms with Crippen molar-refractivity contribution in [2.75, 3.05) is 20.8 Å². The maximum Gasteiger partial charge on any atom is 0.184 e. The SMILES string of the molecule is COc1ccc2c(c1OC)C(C)[C@H]1CO[C@@H]2O1. The highest BCUT2D eigenvalue weighted by Gasteiger charge is 2.41. The van der Waals surface area contributed by atoms with Crippen LogP contribution in [0.25, 0.3) is 0 Å². The van der Waals surface area contributed by atoms with E-state index in [1.165, 1.54) is 0 Å². The molecule has 1 aromatic carbocycles. The van der Waals surface area contributed by atoms with E-state index in [4.69, 9.17) is 18.9 Å². The van der Waals surface area contributed by atoms with Gasteiger partial charge in [0.2, 0.25) is 0 Å². The highest BCUT2D eigenvalue weighted by molar-refractivity contribution is 5.54. The molecule has 17 heavy (non-hydrogen) atoms. The third-order valence-corrected chi connectivity index (χ3v) is 3.59. The molecular weight excluding hydrogens is 220 g/mol. The van der Waals surface area contributed by atoms with Crippen molar-refractivity contribution in [3.05, 3.63) is 23.3 Å². The zero-order valence-corrected chi connectivity index (χ0v) is 10.2. The lowest BCUT2D eigenvalue weighted by Gasteiger charge is -2.29. The maximum atomic E-state index is 5.79. The van der Waals surface area contributed by atoms with Crippen LogP contribution in [0.4, 0.5) is 0 Å². The first-order valence-corrected chi connectivity index (χ1v) is 5.78. The Morgan fingerprint density at radius 1 is 1.24 bits per heavy atom. The van der Waals surface area contributed by atoms with Gasteiger partial charge >= 0.3 is 0 Å². The van der Waals surface area contributed by atoms with Crippen LogP contribution < -0.4 is 9.47 Å². The molecule has 2 heterocycles. The number of rotatable bonds is 2. The number of ether oxygens (including phenoxy) is 4. The Labute approximate surface area is 100 Å². The van der Waals surface area contributed by atoms with Gasteiger partial charge < -0.3 is 18.9 Å². The van der Waals surface area contributed by atoms with Crippen LogP contribution in [0.5, 0.6) is 11.5 Å². The van der Waals surface area contributed by atoms with Crippen molar-refractivity contribution >= 4 is 0 Å². The highest BCUT2D eigenvalue weighted by atomic mass is 16.7. The molecule has 2 aliphatic rings. The largest absolute Gasteiger partial charge is 0.493 e. The van der Waals surface area contributed by atoms with Crippen LogP contribution in [-0.2, 0) is 9.47 Å². The quantitative estimate of drug-likeness (QED) is 0.789. The van der Waals surface area contributed by atoms with Crippen molar-refractivity contribution in [3.8, 4) is 11.5 Å². The number of hydrogen-bond donors (Lipinski definition) is 0. The van der Waals surface area contributed by atoms with E-state index < -0.39 is 0 Å². The second kappa shape index (κ2) is 3.89. The van der Waals surface area contributed by atoms with Gasteiger partial charge in [-0.05, 0) is 12.1 Å². The Morgan fingerprint density at radius 2 is 2.06 bits per heavy atom.